The van der Waals surface area contributed by atoms with Crippen LogP contribution < -0.4 is 5.32 Å². The summed E-state index contributed by atoms with van der Waals surface area (Å²) < 4.78 is 1.65. The fourth-order valence-electron chi connectivity index (χ4n) is 1.68. The van der Waals surface area contributed by atoms with Gasteiger partial charge in [-0.1, -0.05) is 11.6 Å². The SMILES string of the molecule is Cn1cnnc1CNc1c(Cl)cc([N+](=O)[O-])cc1C(=O)O. The summed E-state index contributed by atoms with van der Waals surface area (Å²) >= 11 is 5.93. The Hall–Kier alpha value is -2.68. The summed E-state index contributed by atoms with van der Waals surface area (Å²) in [5.74, 6) is -0.762. The van der Waals surface area contributed by atoms with Gasteiger partial charge in [-0.3, -0.25) is 10.1 Å². The Morgan fingerprint density at radius 2 is 2.29 bits per heavy atom. The van der Waals surface area contributed by atoms with E-state index in [1.165, 1.54) is 6.33 Å². The van der Waals surface area contributed by atoms with E-state index in [4.69, 9.17) is 16.7 Å². The first kappa shape index (κ1) is 14.7. The lowest BCUT2D eigenvalue weighted by atomic mass is 10.1. The number of nitro groups is 1. The van der Waals surface area contributed by atoms with Crippen LogP contribution in [0.25, 0.3) is 0 Å². The average Bonchev–Trinajstić information content (AvgIpc) is 2.81. The molecule has 0 saturated heterocycles. The molecule has 1 aromatic carbocycles. The van der Waals surface area contributed by atoms with Gasteiger partial charge in [0.2, 0.25) is 0 Å². The number of aromatic carboxylic acids is 1. The maximum atomic E-state index is 11.2. The highest BCUT2D eigenvalue weighted by molar-refractivity contribution is 6.34. The third-order valence-corrected chi connectivity index (χ3v) is 3.04. The number of aromatic nitrogens is 3. The third kappa shape index (κ3) is 3.08. The van der Waals surface area contributed by atoms with Crippen LogP contribution in [0.4, 0.5) is 11.4 Å². The monoisotopic (exact) mass is 311 g/mol. The zero-order chi connectivity index (χ0) is 15.6. The molecule has 110 valence electrons. The van der Waals surface area contributed by atoms with Crippen LogP contribution in [0.1, 0.15) is 16.2 Å². The predicted octanol–water partition coefficient (Wildman–Crippen LogP) is 1.69. The molecule has 9 nitrogen and oxygen atoms in total. The molecule has 0 aliphatic carbocycles. The Labute approximate surface area is 123 Å². The van der Waals surface area contributed by atoms with Crippen molar-refractivity contribution in [3.63, 3.8) is 0 Å². The number of aryl methyl sites for hydroxylation is 1. The normalized spacial score (nSPS) is 10.4. The number of carbonyl (C=O) groups is 1. The largest absolute Gasteiger partial charge is 0.478 e. The maximum Gasteiger partial charge on any atom is 0.338 e. The summed E-state index contributed by atoms with van der Waals surface area (Å²) in [5.41, 5.74) is -0.573. The Bertz CT molecular complexity index is 715. The van der Waals surface area contributed by atoms with Gasteiger partial charge in [-0.15, -0.1) is 10.2 Å². The van der Waals surface area contributed by atoms with Crippen LogP contribution in [0.2, 0.25) is 5.02 Å². The van der Waals surface area contributed by atoms with Gasteiger partial charge in [-0.25, -0.2) is 4.79 Å². The second-order valence-electron chi connectivity index (χ2n) is 4.12. The maximum absolute atomic E-state index is 11.2. The Morgan fingerprint density at radius 3 is 2.81 bits per heavy atom. The van der Waals surface area contributed by atoms with Crippen LogP contribution in [0.5, 0.6) is 0 Å². The lowest BCUT2D eigenvalue weighted by Gasteiger charge is -2.11. The van der Waals surface area contributed by atoms with Gasteiger partial charge in [0, 0.05) is 19.2 Å². The summed E-state index contributed by atoms with van der Waals surface area (Å²) in [6, 6.07) is 2.04. The smallest absolute Gasteiger partial charge is 0.338 e. The van der Waals surface area contributed by atoms with E-state index in [9.17, 15) is 14.9 Å². The van der Waals surface area contributed by atoms with Crippen molar-refractivity contribution in [1.82, 2.24) is 14.8 Å². The highest BCUT2D eigenvalue weighted by Gasteiger charge is 2.20. The molecule has 21 heavy (non-hydrogen) atoms. The number of halogens is 1. The number of rotatable bonds is 5. The summed E-state index contributed by atoms with van der Waals surface area (Å²) in [4.78, 5) is 21.3. The molecule has 0 bridgehead atoms. The van der Waals surface area contributed by atoms with Crippen LogP contribution in [0.15, 0.2) is 18.5 Å². The Balaban J connectivity index is 2.36. The van der Waals surface area contributed by atoms with Crippen LogP contribution in [-0.2, 0) is 13.6 Å². The van der Waals surface area contributed by atoms with E-state index >= 15 is 0 Å². The molecule has 1 aromatic heterocycles. The topological polar surface area (TPSA) is 123 Å². The second kappa shape index (κ2) is 5.75. The van der Waals surface area contributed by atoms with Gasteiger partial charge in [0.1, 0.15) is 6.33 Å². The highest BCUT2D eigenvalue weighted by Crippen LogP contribution is 2.31. The number of nitro benzene ring substituents is 1. The fourth-order valence-corrected chi connectivity index (χ4v) is 1.96. The van der Waals surface area contributed by atoms with Crippen molar-refractivity contribution in [3.8, 4) is 0 Å². The predicted molar refractivity (Wildman–Crippen MR) is 73.4 cm³/mol. The van der Waals surface area contributed by atoms with Crippen LogP contribution >= 0.6 is 11.6 Å². The number of anilines is 1. The summed E-state index contributed by atoms with van der Waals surface area (Å²) in [7, 11) is 1.73. The molecule has 1 heterocycles. The fraction of sp³-hybridized carbons (Fsp3) is 0.182. The van der Waals surface area contributed by atoms with Crippen LogP contribution in [0.3, 0.4) is 0 Å². The number of nitrogens with zero attached hydrogens (tertiary/aromatic N) is 4. The van der Waals surface area contributed by atoms with Crippen molar-refractivity contribution >= 4 is 28.9 Å². The summed E-state index contributed by atoms with van der Waals surface area (Å²) in [5, 5.41) is 30.2. The minimum atomic E-state index is -1.32. The van der Waals surface area contributed by atoms with Gasteiger partial charge in [-0.05, 0) is 0 Å². The van der Waals surface area contributed by atoms with E-state index in [0.29, 0.717) is 5.82 Å². The van der Waals surface area contributed by atoms with E-state index in [-0.39, 0.29) is 28.5 Å². The van der Waals surface area contributed by atoms with E-state index in [0.717, 1.165) is 12.1 Å². The average molecular weight is 312 g/mol. The van der Waals surface area contributed by atoms with Gasteiger partial charge in [0.25, 0.3) is 5.69 Å². The summed E-state index contributed by atoms with van der Waals surface area (Å²) in [6.45, 7) is 0.175. The number of carboxylic acid groups (broad SMARTS) is 1. The van der Waals surface area contributed by atoms with Crippen LogP contribution in [0, 0.1) is 10.1 Å². The van der Waals surface area contributed by atoms with E-state index in [2.05, 4.69) is 15.5 Å². The number of hydrogen-bond donors (Lipinski definition) is 2. The van der Waals surface area contributed by atoms with Crippen molar-refractivity contribution in [2.24, 2.45) is 7.05 Å². The minimum Gasteiger partial charge on any atom is -0.478 e. The van der Waals surface area contributed by atoms with Crippen LogP contribution in [-0.4, -0.2) is 30.8 Å². The molecule has 2 rings (SSSR count). The van der Waals surface area contributed by atoms with Gasteiger partial charge < -0.3 is 15.0 Å². The molecule has 0 unspecified atom stereocenters. The van der Waals surface area contributed by atoms with E-state index < -0.39 is 10.9 Å². The molecule has 2 N–H and O–H groups in total. The molecular weight excluding hydrogens is 302 g/mol. The van der Waals surface area contributed by atoms with Gasteiger partial charge >= 0.3 is 5.97 Å². The molecule has 0 atom stereocenters. The minimum absolute atomic E-state index is 0.0521. The number of hydrogen-bond acceptors (Lipinski definition) is 6. The molecule has 0 saturated carbocycles. The molecule has 0 radical (unpaired) electrons. The van der Waals surface area contributed by atoms with Gasteiger partial charge in [-0.2, -0.15) is 0 Å². The first-order valence-corrected chi connectivity index (χ1v) is 6.06. The Kier molecular flexibility index (Phi) is 4.03. The lowest BCUT2D eigenvalue weighted by molar-refractivity contribution is -0.384. The Morgan fingerprint density at radius 1 is 1.57 bits per heavy atom. The van der Waals surface area contributed by atoms with Crippen molar-refractivity contribution in [2.45, 2.75) is 6.54 Å². The van der Waals surface area contributed by atoms with E-state index in [1.54, 1.807) is 11.6 Å². The standard InChI is InChI=1S/C11H10ClN5O4/c1-16-5-14-15-9(16)4-13-10-7(11(18)19)2-6(17(20)21)3-8(10)12/h2-3,5,13H,4H2,1H3,(H,18,19). The molecule has 10 heteroatoms. The van der Waals surface area contributed by atoms with Crippen molar-refractivity contribution in [2.75, 3.05) is 5.32 Å². The molecule has 0 amide bonds. The number of nitrogens with one attached hydrogen (secondary N) is 1. The van der Waals surface area contributed by atoms with Crippen molar-refractivity contribution in [1.29, 1.82) is 0 Å². The zero-order valence-electron chi connectivity index (χ0n) is 10.8. The third-order valence-electron chi connectivity index (χ3n) is 2.74. The van der Waals surface area contributed by atoms with E-state index in [1.807, 2.05) is 0 Å². The number of non-ortho nitro benzene ring substituents is 1. The molecular formula is C11H10ClN5O4. The van der Waals surface area contributed by atoms with Crippen molar-refractivity contribution in [3.05, 3.63) is 45.0 Å². The molecule has 2 aromatic rings. The molecule has 0 spiro atoms. The lowest BCUT2D eigenvalue weighted by Crippen LogP contribution is -2.10. The molecule has 0 fully saturated rings. The first-order chi connectivity index (χ1) is 9.90. The van der Waals surface area contributed by atoms with Gasteiger partial charge in [0.05, 0.1) is 27.7 Å². The number of benzene rings is 1. The molecule has 0 aliphatic heterocycles. The highest BCUT2D eigenvalue weighted by atomic mass is 35.5. The first-order valence-electron chi connectivity index (χ1n) is 5.68. The molecule has 0 aliphatic rings. The van der Waals surface area contributed by atoms with Gasteiger partial charge in [0.15, 0.2) is 5.82 Å². The zero-order valence-corrected chi connectivity index (χ0v) is 11.5. The second-order valence-corrected chi connectivity index (χ2v) is 4.53. The van der Waals surface area contributed by atoms with Crippen molar-refractivity contribution < 1.29 is 14.8 Å². The quantitative estimate of drug-likeness (QED) is 0.636. The summed E-state index contributed by atoms with van der Waals surface area (Å²) in [6.07, 6.45) is 1.49. The number of carboxylic acids is 1.